The number of methoxy groups -OCH3 is 1. The molecule has 3 saturated carbocycles. The second-order valence-corrected chi connectivity index (χ2v) is 7.03. The van der Waals surface area contributed by atoms with Crippen LogP contribution in [0.25, 0.3) is 0 Å². The van der Waals surface area contributed by atoms with E-state index in [-0.39, 0.29) is 11.5 Å². The summed E-state index contributed by atoms with van der Waals surface area (Å²) in [4.78, 5) is 12.3. The number of allylic oxidation sites excluding steroid dienone is 1. The Labute approximate surface area is 116 Å². The summed E-state index contributed by atoms with van der Waals surface area (Å²) in [7, 11) is 1.86. The quantitative estimate of drug-likeness (QED) is 0.673. The third-order valence-electron chi connectivity index (χ3n) is 6.30. The Bertz CT molecular complexity index is 400. The first kappa shape index (κ1) is 13.4. The zero-order valence-electron chi connectivity index (χ0n) is 12.3. The Morgan fingerprint density at radius 1 is 1.21 bits per heavy atom. The van der Waals surface area contributed by atoms with E-state index in [2.05, 4.69) is 13.5 Å². The molecule has 0 spiro atoms. The van der Waals surface area contributed by atoms with E-state index in [0.717, 1.165) is 24.8 Å². The van der Waals surface area contributed by atoms with E-state index >= 15 is 0 Å². The number of carbonyl (C=O) groups is 1. The molecule has 0 aromatic rings. The molecule has 0 amide bonds. The van der Waals surface area contributed by atoms with Crippen molar-refractivity contribution in [2.45, 2.75) is 57.5 Å². The van der Waals surface area contributed by atoms with Crippen LogP contribution in [0.3, 0.4) is 0 Å². The highest BCUT2D eigenvalue weighted by Gasteiger charge is 2.51. The van der Waals surface area contributed by atoms with Gasteiger partial charge in [0.2, 0.25) is 0 Å². The first-order valence-corrected chi connectivity index (χ1v) is 7.84. The van der Waals surface area contributed by atoms with E-state index in [4.69, 9.17) is 4.74 Å². The lowest BCUT2D eigenvalue weighted by Crippen LogP contribution is -2.52. The molecule has 2 nitrogen and oxygen atoms in total. The standard InChI is InChI=1S/C17H26O2/c1-11-6-7-12-13-5-4-10-17(2,19-3)15(13)9-8-14(12)16(11)18/h12-15H,1,4-10H2,2-3H3. The molecule has 0 radical (unpaired) electrons. The smallest absolute Gasteiger partial charge is 0.161 e. The van der Waals surface area contributed by atoms with Crippen LogP contribution in [0.15, 0.2) is 12.2 Å². The molecule has 19 heavy (non-hydrogen) atoms. The largest absolute Gasteiger partial charge is 0.378 e. The normalized spacial score (nSPS) is 46.6. The number of rotatable bonds is 1. The molecule has 3 aliphatic rings. The van der Waals surface area contributed by atoms with Gasteiger partial charge in [-0.15, -0.1) is 0 Å². The van der Waals surface area contributed by atoms with Gasteiger partial charge in [0.1, 0.15) is 0 Å². The molecular weight excluding hydrogens is 236 g/mol. The Hall–Kier alpha value is -0.630. The maximum absolute atomic E-state index is 12.3. The van der Waals surface area contributed by atoms with Crippen LogP contribution in [0.4, 0.5) is 0 Å². The van der Waals surface area contributed by atoms with Crippen molar-refractivity contribution in [2.24, 2.45) is 23.7 Å². The third-order valence-corrected chi connectivity index (χ3v) is 6.30. The van der Waals surface area contributed by atoms with E-state index in [1.807, 2.05) is 7.11 Å². The fourth-order valence-electron chi connectivity index (χ4n) is 5.15. The first-order valence-electron chi connectivity index (χ1n) is 7.84. The summed E-state index contributed by atoms with van der Waals surface area (Å²) in [6, 6.07) is 0. The summed E-state index contributed by atoms with van der Waals surface area (Å²) in [5.74, 6) is 2.62. The average molecular weight is 262 g/mol. The second-order valence-electron chi connectivity index (χ2n) is 7.03. The predicted molar refractivity (Wildman–Crippen MR) is 75.8 cm³/mol. The van der Waals surface area contributed by atoms with Crippen LogP contribution >= 0.6 is 0 Å². The number of hydrogen-bond donors (Lipinski definition) is 0. The van der Waals surface area contributed by atoms with Gasteiger partial charge in [-0.1, -0.05) is 13.0 Å². The van der Waals surface area contributed by atoms with E-state index < -0.39 is 0 Å². The van der Waals surface area contributed by atoms with Crippen LogP contribution in [-0.2, 0) is 9.53 Å². The molecule has 2 heteroatoms. The predicted octanol–water partition coefficient (Wildman–Crippen LogP) is 3.75. The highest BCUT2D eigenvalue weighted by Crippen LogP contribution is 2.54. The van der Waals surface area contributed by atoms with Gasteiger partial charge < -0.3 is 4.74 Å². The monoisotopic (exact) mass is 262 g/mol. The van der Waals surface area contributed by atoms with Crippen molar-refractivity contribution in [3.63, 3.8) is 0 Å². The van der Waals surface area contributed by atoms with Gasteiger partial charge in [0, 0.05) is 13.0 Å². The van der Waals surface area contributed by atoms with E-state index in [9.17, 15) is 4.79 Å². The lowest BCUT2D eigenvalue weighted by molar-refractivity contribution is -0.143. The molecule has 3 fully saturated rings. The number of carbonyl (C=O) groups excluding carboxylic acids is 1. The molecule has 3 rings (SSSR count). The summed E-state index contributed by atoms with van der Waals surface area (Å²) in [6.07, 6.45) is 8.05. The molecule has 106 valence electrons. The summed E-state index contributed by atoms with van der Waals surface area (Å²) in [6.45, 7) is 6.25. The van der Waals surface area contributed by atoms with Crippen LogP contribution in [0.1, 0.15) is 51.9 Å². The molecule has 0 N–H and O–H groups in total. The molecule has 0 aliphatic heterocycles. The Morgan fingerprint density at radius 2 is 2.00 bits per heavy atom. The molecular formula is C17H26O2. The topological polar surface area (TPSA) is 26.3 Å². The van der Waals surface area contributed by atoms with Crippen molar-refractivity contribution < 1.29 is 9.53 Å². The van der Waals surface area contributed by atoms with Crippen LogP contribution in [0, 0.1) is 23.7 Å². The number of hydrogen-bond acceptors (Lipinski definition) is 2. The van der Waals surface area contributed by atoms with E-state index in [1.54, 1.807) is 0 Å². The molecule has 5 unspecified atom stereocenters. The van der Waals surface area contributed by atoms with E-state index in [1.165, 1.54) is 25.7 Å². The van der Waals surface area contributed by atoms with Gasteiger partial charge in [-0.2, -0.15) is 0 Å². The molecule has 5 atom stereocenters. The zero-order chi connectivity index (χ0) is 13.6. The fraction of sp³-hybridized carbons (Fsp3) is 0.824. The first-order chi connectivity index (χ1) is 9.07. The van der Waals surface area contributed by atoms with Crippen molar-refractivity contribution in [1.82, 2.24) is 0 Å². The number of ketones is 1. The van der Waals surface area contributed by atoms with Gasteiger partial charge in [-0.25, -0.2) is 0 Å². The Morgan fingerprint density at radius 3 is 2.74 bits per heavy atom. The van der Waals surface area contributed by atoms with Gasteiger partial charge in [0.25, 0.3) is 0 Å². The summed E-state index contributed by atoms with van der Waals surface area (Å²) in [5.41, 5.74) is 0.927. The molecule has 0 heterocycles. The average Bonchev–Trinajstić information content (AvgIpc) is 2.43. The Kier molecular flexibility index (Phi) is 3.33. The molecule has 0 aromatic heterocycles. The van der Waals surface area contributed by atoms with Crippen molar-refractivity contribution in [2.75, 3.05) is 7.11 Å². The van der Waals surface area contributed by atoms with Crippen LogP contribution < -0.4 is 0 Å². The van der Waals surface area contributed by atoms with Gasteiger partial charge in [0.15, 0.2) is 5.78 Å². The van der Waals surface area contributed by atoms with Crippen LogP contribution in [-0.4, -0.2) is 18.5 Å². The molecule has 3 aliphatic carbocycles. The number of fused-ring (bicyclic) bond motifs is 3. The summed E-state index contributed by atoms with van der Waals surface area (Å²) < 4.78 is 5.87. The minimum atomic E-state index is 0.0470. The lowest BCUT2D eigenvalue weighted by Gasteiger charge is -2.53. The van der Waals surface area contributed by atoms with E-state index in [0.29, 0.717) is 23.5 Å². The minimum absolute atomic E-state index is 0.0470. The van der Waals surface area contributed by atoms with Gasteiger partial charge in [-0.3, -0.25) is 4.79 Å². The van der Waals surface area contributed by atoms with Gasteiger partial charge in [-0.05, 0) is 68.8 Å². The summed E-state index contributed by atoms with van der Waals surface area (Å²) in [5, 5.41) is 0. The highest BCUT2D eigenvalue weighted by atomic mass is 16.5. The van der Waals surface area contributed by atoms with Crippen LogP contribution in [0.2, 0.25) is 0 Å². The number of Topliss-reactive ketones (excluding diaryl/α,β-unsaturated/α-hetero) is 1. The maximum atomic E-state index is 12.3. The fourth-order valence-corrected chi connectivity index (χ4v) is 5.15. The molecule has 0 aromatic carbocycles. The van der Waals surface area contributed by atoms with Crippen molar-refractivity contribution in [1.29, 1.82) is 0 Å². The maximum Gasteiger partial charge on any atom is 0.161 e. The zero-order valence-corrected chi connectivity index (χ0v) is 12.3. The molecule has 0 saturated heterocycles. The van der Waals surface area contributed by atoms with Crippen molar-refractivity contribution in [3.8, 4) is 0 Å². The lowest BCUT2D eigenvalue weighted by atomic mass is 9.53. The highest BCUT2D eigenvalue weighted by molar-refractivity contribution is 5.97. The SMILES string of the molecule is C=C1CCC2C(CCC3C2CCCC3(C)OC)C1=O. The summed E-state index contributed by atoms with van der Waals surface area (Å²) >= 11 is 0. The van der Waals surface area contributed by atoms with Crippen molar-refractivity contribution >= 4 is 5.78 Å². The molecule has 0 bridgehead atoms. The number of ether oxygens (including phenoxy) is 1. The minimum Gasteiger partial charge on any atom is -0.378 e. The van der Waals surface area contributed by atoms with Crippen LogP contribution in [0.5, 0.6) is 0 Å². The Balaban J connectivity index is 1.86. The van der Waals surface area contributed by atoms with Gasteiger partial charge >= 0.3 is 0 Å². The van der Waals surface area contributed by atoms with Crippen molar-refractivity contribution in [3.05, 3.63) is 12.2 Å². The second kappa shape index (κ2) is 4.73. The third kappa shape index (κ3) is 1.99. The van der Waals surface area contributed by atoms with Gasteiger partial charge in [0.05, 0.1) is 5.60 Å².